The zero-order chi connectivity index (χ0) is 15.1. The zero-order valence-corrected chi connectivity index (χ0v) is 11.7. The van der Waals surface area contributed by atoms with Crippen molar-refractivity contribution in [3.05, 3.63) is 77.8 Å². The van der Waals surface area contributed by atoms with Crippen LogP contribution in [0.4, 0.5) is 10.1 Å². The molecule has 21 heavy (non-hydrogen) atoms. The molecule has 0 atom stereocenters. The van der Waals surface area contributed by atoms with Crippen LogP contribution in [0, 0.1) is 5.82 Å². The lowest BCUT2D eigenvalue weighted by Gasteiger charge is -2.07. The molecule has 0 saturated carbocycles. The van der Waals surface area contributed by atoms with Crippen LogP contribution in [-0.2, 0) is 16.1 Å². The van der Waals surface area contributed by atoms with E-state index in [0.29, 0.717) is 11.4 Å². The number of carbonyl (C=O) groups is 1. The van der Waals surface area contributed by atoms with Crippen LogP contribution in [0.3, 0.4) is 0 Å². The summed E-state index contributed by atoms with van der Waals surface area (Å²) in [7, 11) is 0. The number of hydrogen-bond acceptors (Lipinski definition) is 3. The first-order chi connectivity index (χ1) is 10.1. The van der Waals surface area contributed by atoms with Gasteiger partial charge in [-0.3, -0.25) is 0 Å². The van der Waals surface area contributed by atoms with E-state index in [1.165, 1.54) is 18.2 Å². The number of carbonyl (C=O) groups excluding carboxylic acids is 1. The van der Waals surface area contributed by atoms with Crippen LogP contribution >= 0.6 is 0 Å². The summed E-state index contributed by atoms with van der Waals surface area (Å²) < 4.78 is 17.9. The molecule has 0 heterocycles. The molecule has 4 heteroatoms. The number of halogens is 1. The standard InChI is InChI=1S/C17H16FNO2/c1-13(19-16-9-7-15(18)8-10-16)11-17(20)21-12-14-5-3-2-4-6-14/h2-11,19H,12H2,1H3. The number of anilines is 1. The van der Waals surface area contributed by atoms with Crippen molar-refractivity contribution < 1.29 is 13.9 Å². The minimum atomic E-state index is -0.425. The number of esters is 1. The molecule has 0 radical (unpaired) electrons. The maximum atomic E-state index is 12.8. The Morgan fingerprint density at radius 3 is 2.48 bits per heavy atom. The number of rotatable bonds is 5. The van der Waals surface area contributed by atoms with Crippen molar-refractivity contribution in [1.82, 2.24) is 0 Å². The molecule has 2 aromatic rings. The summed E-state index contributed by atoms with van der Waals surface area (Å²) in [6.07, 6.45) is 1.37. The average Bonchev–Trinajstić information content (AvgIpc) is 2.48. The van der Waals surface area contributed by atoms with Gasteiger partial charge in [-0.05, 0) is 36.8 Å². The first kappa shape index (κ1) is 14.8. The van der Waals surface area contributed by atoms with Gasteiger partial charge in [0.2, 0.25) is 0 Å². The van der Waals surface area contributed by atoms with Crippen molar-refractivity contribution in [2.24, 2.45) is 0 Å². The Morgan fingerprint density at radius 1 is 1.14 bits per heavy atom. The molecule has 0 aromatic heterocycles. The van der Waals surface area contributed by atoms with E-state index >= 15 is 0 Å². The molecular weight excluding hydrogens is 269 g/mol. The van der Waals surface area contributed by atoms with Gasteiger partial charge in [-0.2, -0.15) is 0 Å². The van der Waals surface area contributed by atoms with Gasteiger partial charge in [0.25, 0.3) is 0 Å². The van der Waals surface area contributed by atoms with E-state index in [1.807, 2.05) is 30.3 Å². The molecule has 0 bridgehead atoms. The number of benzene rings is 2. The fourth-order valence-corrected chi connectivity index (χ4v) is 1.74. The molecule has 0 fully saturated rings. The van der Waals surface area contributed by atoms with Crippen LogP contribution in [0.25, 0.3) is 0 Å². The minimum absolute atomic E-state index is 0.236. The molecule has 108 valence electrons. The Kier molecular flexibility index (Phi) is 5.10. The Hall–Kier alpha value is -2.62. The highest BCUT2D eigenvalue weighted by Gasteiger charge is 2.01. The molecular formula is C17H16FNO2. The van der Waals surface area contributed by atoms with Gasteiger partial charge >= 0.3 is 5.97 Å². The smallest absolute Gasteiger partial charge is 0.332 e. The predicted octanol–water partition coefficient (Wildman–Crippen LogP) is 3.88. The zero-order valence-electron chi connectivity index (χ0n) is 11.7. The van der Waals surface area contributed by atoms with Gasteiger partial charge in [-0.25, -0.2) is 9.18 Å². The van der Waals surface area contributed by atoms with Crippen LogP contribution in [0.2, 0.25) is 0 Å². The molecule has 3 nitrogen and oxygen atoms in total. The molecule has 2 aromatic carbocycles. The maximum Gasteiger partial charge on any atom is 0.332 e. The molecule has 2 rings (SSSR count). The Bertz CT molecular complexity index is 621. The van der Waals surface area contributed by atoms with Gasteiger partial charge in [-0.15, -0.1) is 0 Å². The van der Waals surface area contributed by atoms with Gasteiger partial charge in [-0.1, -0.05) is 30.3 Å². The molecule has 0 aliphatic rings. The first-order valence-electron chi connectivity index (χ1n) is 6.55. The van der Waals surface area contributed by atoms with Gasteiger partial charge in [0.05, 0.1) is 0 Å². The van der Waals surface area contributed by atoms with E-state index in [9.17, 15) is 9.18 Å². The third-order valence-corrected chi connectivity index (χ3v) is 2.74. The number of allylic oxidation sites excluding steroid dienone is 1. The molecule has 0 amide bonds. The van der Waals surface area contributed by atoms with Gasteiger partial charge < -0.3 is 10.1 Å². The molecule has 0 unspecified atom stereocenters. The largest absolute Gasteiger partial charge is 0.458 e. The predicted molar refractivity (Wildman–Crippen MR) is 80.0 cm³/mol. The van der Waals surface area contributed by atoms with Gasteiger partial charge in [0, 0.05) is 17.5 Å². The molecule has 0 spiro atoms. The number of ether oxygens (including phenoxy) is 1. The van der Waals surface area contributed by atoms with Crippen LogP contribution in [0.15, 0.2) is 66.4 Å². The van der Waals surface area contributed by atoms with Gasteiger partial charge in [0.15, 0.2) is 0 Å². The molecule has 0 aliphatic heterocycles. The SMILES string of the molecule is CC(=CC(=O)OCc1ccccc1)Nc1ccc(F)cc1. The Balaban J connectivity index is 1.86. The second-order valence-corrected chi connectivity index (χ2v) is 4.55. The van der Waals surface area contributed by atoms with Crippen LogP contribution in [-0.4, -0.2) is 5.97 Å². The van der Waals surface area contributed by atoms with Gasteiger partial charge in [0.1, 0.15) is 12.4 Å². The Labute approximate surface area is 123 Å². The van der Waals surface area contributed by atoms with Crippen LogP contribution in [0.1, 0.15) is 12.5 Å². The highest BCUT2D eigenvalue weighted by atomic mass is 19.1. The summed E-state index contributed by atoms with van der Waals surface area (Å²) in [5.41, 5.74) is 2.27. The third kappa shape index (κ3) is 5.10. The van der Waals surface area contributed by atoms with Crippen molar-refractivity contribution in [1.29, 1.82) is 0 Å². The van der Waals surface area contributed by atoms with Crippen molar-refractivity contribution in [2.45, 2.75) is 13.5 Å². The summed E-state index contributed by atoms with van der Waals surface area (Å²) in [4.78, 5) is 11.7. The summed E-state index contributed by atoms with van der Waals surface area (Å²) in [6.45, 7) is 1.98. The second-order valence-electron chi connectivity index (χ2n) is 4.55. The van der Waals surface area contributed by atoms with Crippen LogP contribution < -0.4 is 5.32 Å². The number of hydrogen-bond donors (Lipinski definition) is 1. The van der Waals surface area contributed by atoms with E-state index in [4.69, 9.17) is 4.74 Å². The molecule has 1 N–H and O–H groups in total. The van der Waals surface area contributed by atoms with Crippen molar-refractivity contribution in [3.63, 3.8) is 0 Å². The summed E-state index contributed by atoms with van der Waals surface area (Å²) in [5.74, 6) is -0.726. The van der Waals surface area contributed by atoms with E-state index in [2.05, 4.69) is 5.32 Å². The minimum Gasteiger partial charge on any atom is -0.458 e. The monoisotopic (exact) mass is 285 g/mol. The summed E-state index contributed by atoms with van der Waals surface area (Å²) in [6, 6.07) is 15.4. The van der Waals surface area contributed by atoms with Crippen molar-refractivity contribution >= 4 is 11.7 Å². The van der Waals surface area contributed by atoms with Crippen LogP contribution in [0.5, 0.6) is 0 Å². The topological polar surface area (TPSA) is 38.3 Å². The van der Waals surface area contributed by atoms with E-state index in [1.54, 1.807) is 19.1 Å². The summed E-state index contributed by atoms with van der Waals surface area (Å²) >= 11 is 0. The van der Waals surface area contributed by atoms with Crippen molar-refractivity contribution in [3.8, 4) is 0 Å². The number of nitrogens with one attached hydrogen (secondary N) is 1. The highest BCUT2D eigenvalue weighted by molar-refractivity contribution is 5.83. The molecule has 0 aliphatic carbocycles. The lowest BCUT2D eigenvalue weighted by atomic mass is 10.2. The third-order valence-electron chi connectivity index (χ3n) is 2.74. The summed E-state index contributed by atoms with van der Waals surface area (Å²) in [5, 5.41) is 2.99. The average molecular weight is 285 g/mol. The fourth-order valence-electron chi connectivity index (χ4n) is 1.74. The van der Waals surface area contributed by atoms with E-state index < -0.39 is 5.97 Å². The van der Waals surface area contributed by atoms with E-state index in [0.717, 1.165) is 5.56 Å². The molecule has 0 saturated heterocycles. The van der Waals surface area contributed by atoms with E-state index in [-0.39, 0.29) is 12.4 Å². The normalized spacial score (nSPS) is 11.0. The first-order valence-corrected chi connectivity index (χ1v) is 6.55. The lowest BCUT2D eigenvalue weighted by molar-refractivity contribution is -0.139. The lowest BCUT2D eigenvalue weighted by Crippen LogP contribution is -2.04. The van der Waals surface area contributed by atoms with Crippen molar-refractivity contribution in [2.75, 3.05) is 5.32 Å². The highest BCUT2D eigenvalue weighted by Crippen LogP contribution is 2.11. The maximum absolute atomic E-state index is 12.8. The quantitative estimate of drug-likeness (QED) is 0.669. The second kappa shape index (κ2) is 7.24. The Morgan fingerprint density at radius 2 is 1.81 bits per heavy atom. The fraction of sp³-hybridized carbons (Fsp3) is 0.118.